The van der Waals surface area contributed by atoms with Crippen molar-refractivity contribution in [1.82, 2.24) is 4.90 Å². The van der Waals surface area contributed by atoms with E-state index in [0.717, 1.165) is 29.0 Å². The molecule has 0 fully saturated rings. The summed E-state index contributed by atoms with van der Waals surface area (Å²) in [4.78, 5) is 31.6. The van der Waals surface area contributed by atoms with Gasteiger partial charge in [0.05, 0.1) is 6.42 Å². The van der Waals surface area contributed by atoms with Crippen molar-refractivity contribution in [3.63, 3.8) is 0 Å². The predicted octanol–water partition coefficient (Wildman–Crippen LogP) is 5.52. The molecule has 0 aromatic rings. The number of nitrogens with two attached hydrogens (primary N) is 1. The van der Waals surface area contributed by atoms with E-state index in [1.165, 1.54) is 17.8 Å². The van der Waals surface area contributed by atoms with Gasteiger partial charge in [-0.05, 0) is 72.4 Å². The van der Waals surface area contributed by atoms with E-state index in [-0.39, 0.29) is 24.5 Å². The van der Waals surface area contributed by atoms with E-state index in [2.05, 4.69) is 22.9 Å². The molecule has 210 valence electrons. The van der Waals surface area contributed by atoms with E-state index >= 15 is 0 Å². The monoisotopic (exact) mass is 543 g/mol. The van der Waals surface area contributed by atoms with Crippen molar-refractivity contribution < 1.29 is 19.1 Å². The van der Waals surface area contributed by atoms with Crippen LogP contribution in [0, 0.1) is 0 Å². The molecule has 1 heterocycles. The Hall–Kier alpha value is -2.68. The van der Waals surface area contributed by atoms with E-state index in [9.17, 15) is 9.59 Å². The van der Waals surface area contributed by atoms with Gasteiger partial charge in [-0.2, -0.15) is 0 Å². The Morgan fingerprint density at radius 2 is 1.89 bits per heavy atom. The first kappa shape index (κ1) is 33.3. The molecule has 0 saturated carbocycles. The van der Waals surface area contributed by atoms with Crippen LogP contribution in [-0.2, 0) is 19.1 Å². The molecule has 0 spiro atoms. The van der Waals surface area contributed by atoms with E-state index in [1.807, 2.05) is 70.8 Å². The van der Waals surface area contributed by atoms with Crippen LogP contribution in [-0.4, -0.2) is 68.2 Å². The topological polar surface area (TPSA) is 94.2 Å². The largest absolute Gasteiger partial charge is 0.462 e. The SMILES string of the molecule is CS/C=C1CCC(N)CC(=O)OC(C)C/C(C)=C/C=C\C(=O)OC(/C=C(C)/C=C/C(C)=C/CN(C)C)/C=N/1. The summed E-state index contributed by atoms with van der Waals surface area (Å²) in [6.45, 7) is 8.64. The number of nitrogens with zero attached hydrogens (tertiary/aromatic N) is 2. The molecule has 2 N–H and O–H groups in total. The third-order valence-corrected chi connectivity index (χ3v) is 5.97. The predicted molar refractivity (Wildman–Crippen MR) is 160 cm³/mol. The molecule has 0 aromatic carbocycles. The summed E-state index contributed by atoms with van der Waals surface area (Å²) in [5.41, 5.74) is 10.1. The van der Waals surface area contributed by atoms with Gasteiger partial charge in [0.15, 0.2) is 6.10 Å². The van der Waals surface area contributed by atoms with Crippen molar-refractivity contribution in [2.24, 2.45) is 10.7 Å². The maximum atomic E-state index is 12.6. The highest BCUT2D eigenvalue weighted by molar-refractivity contribution is 8.01. The summed E-state index contributed by atoms with van der Waals surface area (Å²) >= 11 is 1.53. The number of esters is 2. The second-order valence-corrected chi connectivity index (χ2v) is 10.6. The maximum absolute atomic E-state index is 12.6. The fourth-order valence-corrected chi connectivity index (χ4v) is 3.94. The molecular formula is C30H45N3O4S. The minimum absolute atomic E-state index is 0.153. The van der Waals surface area contributed by atoms with Crippen molar-refractivity contribution >= 4 is 29.9 Å². The molecule has 0 aromatic heterocycles. The number of ether oxygens (including phenoxy) is 2. The van der Waals surface area contributed by atoms with Crippen LogP contribution in [0.1, 0.15) is 53.4 Å². The zero-order valence-electron chi connectivity index (χ0n) is 24.0. The number of thioether (sulfide) groups is 1. The number of carbonyl (C=O) groups excluding carboxylic acids is 2. The summed E-state index contributed by atoms with van der Waals surface area (Å²) in [5.74, 6) is -0.781. The molecule has 0 radical (unpaired) electrons. The second-order valence-electron chi connectivity index (χ2n) is 9.86. The number of likely N-dealkylation sites (N-methyl/N-ethyl adjacent to an activating group) is 1. The number of rotatable bonds is 6. The molecule has 0 bridgehead atoms. The fraction of sp³-hybridized carbons (Fsp3) is 0.500. The summed E-state index contributed by atoms with van der Waals surface area (Å²) in [5, 5.41) is 1.93. The zero-order chi connectivity index (χ0) is 28.5. The maximum Gasteiger partial charge on any atom is 0.331 e. The molecule has 0 aliphatic carbocycles. The Morgan fingerprint density at radius 3 is 2.58 bits per heavy atom. The van der Waals surface area contributed by atoms with Crippen molar-refractivity contribution in [1.29, 1.82) is 0 Å². The Labute approximate surface area is 233 Å². The molecule has 1 aliphatic rings. The van der Waals surface area contributed by atoms with Crippen molar-refractivity contribution in [2.45, 2.75) is 71.6 Å². The first-order valence-electron chi connectivity index (χ1n) is 12.9. The minimum Gasteiger partial charge on any atom is -0.462 e. The van der Waals surface area contributed by atoms with Crippen LogP contribution in [0.5, 0.6) is 0 Å². The van der Waals surface area contributed by atoms with Gasteiger partial charge < -0.3 is 20.1 Å². The molecule has 8 heteroatoms. The van der Waals surface area contributed by atoms with Crippen LogP contribution in [0.25, 0.3) is 0 Å². The Kier molecular flexibility index (Phi) is 16.3. The van der Waals surface area contributed by atoms with Crippen LogP contribution in [0.15, 0.2) is 75.3 Å². The molecule has 3 unspecified atom stereocenters. The number of cyclic esters (lactones) is 2. The molecule has 0 amide bonds. The van der Waals surface area contributed by atoms with E-state index in [0.29, 0.717) is 19.3 Å². The van der Waals surface area contributed by atoms with Gasteiger partial charge in [0.25, 0.3) is 0 Å². The smallest absolute Gasteiger partial charge is 0.331 e. The minimum atomic E-state index is -0.652. The van der Waals surface area contributed by atoms with Crippen molar-refractivity contribution in [2.75, 3.05) is 26.9 Å². The highest BCUT2D eigenvalue weighted by Gasteiger charge is 2.15. The highest BCUT2D eigenvalue weighted by Crippen LogP contribution is 2.16. The van der Waals surface area contributed by atoms with Crippen LogP contribution in [0.2, 0.25) is 0 Å². The Bertz CT molecular complexity index is 989. The third-order valence-electron chi connectivity index (χ3n) is 5.46. The summed E-state index contributed by atoms with van der Waals surface area (Å²) in [6, 6.07) is -0.335. The number of carbonyl (C=O) groups is 2. The molecule has 0 saturated heterocycles. The van der Waals surface area contributed by atoms with Gasteiger partial charge in [-0.1, -0.05) is 47.1 Å². The zero-order valence-corrected chi connectivity index (χ0v) is 24.8. The number of allylic oxidation sites excluding steroid dienone is 7. The average molecular weight is 544 g/mol. The molecular weight excluding hydrogens is 498 g/mol. The molecule has 38 heavy (non-hydrogen) atoms. The van der Waals surface area contributed by atoms with Crippen LogP contribution < -0.4 is 5.73 Å². The van der Waals surface area contributed by atoms with E-state index in [1.54, 1.807) is 12.3 Å². The van der Waals surface area contributed by atoms with Gasteiger partial charge in [0.2, 0.25) is 0 Å². The lowest BCUT2D eigenvalue weighted by Gasteiger charge is -2.16. The molecule has 3 atom stereocenters. The van der Waals surface area contributed by atoms with Gasteiger partial charge in [-0.25, -0.2) is 4.79 Å². The number of hydrogen-bond acceptors (Lipinski definition) is 8. The van der Waals surface area contributed by atoms with E-state index in [4.69, 9.17) is 15.2 Å². The lowest BCUT2D eigenvalue weighted by Crippen LogP contribution is -2.27. The molecule has 7 nitrogen and oxygen atoms in total. The normalized spacial score (nSPS) is 27.9. The van der Waals surface area contributed by atoms with Gasteiger partial charge in [-0.3, -0.25) is 9.79 Å². The standard InChI is InChI=1S/C30H45N3O4S/c1-22(15-16-33(5)6)11-12-24(3)18-28-20-32-27(21-38-7)14-13-26(31)19-30(35)36-25(4)17-23(2)9-8-10-29(34)37-28/h8-12,15,18,20-21,25-26,28H,13-14,16-17,19,31H2,1-7H3/b10-8-,12-11+,22-15+,23-9+,24-18+,27-21-,32-20+. The highest BCUT2D eigenvalue weighted by atomic mass is 32.2. The van der Waals surface area contributed by atoms with Gasteiger partial charge in [0.1, 0.15) is 6.10 Å². The van der Waals surface area contributed by atoms with E-state index < -0.39 is 12.1 Å². The lowest BCUT2D eigenvalue weighted by molar-refractivity contribution is -0.148. The lowest BCUT2D eigenvalue weighted by atomic mass is 10.1. The molecule has 1 rings (SSSR count). The molecule has 1 aliphatic heterocycles. The quantitative estimate of drug-likeness (QED) is 0.348. The van der Waals surface area contributed by atoms with Crippen LogP contribution >= 0.6 is 11.8 Å². The summed E-state index contributed by atoms with van der Waals surface area (Å²) in [6.07, 6.45) is 17.4. The Morgan fingerprint density at radius 1 is 1.18 bits per heavy atom. The van der Waals surface area contributed by atoms with Crippen molar-refractivity contribution in [3.05, 3.63) is 70.4 Å². The number of aliphatic imine (C=N–C) groups is 1. The summed E-state index contributed by atoms with van der Waals surface area (Å²) in [7, 11) is 4.05. The van der Waals surface area contributed by atoms with Crippen LogP contribution in [0.4, 0.5) is 0 Å². The van der Waals surface area contributed by atoms with Crippen molar-refractivity contribution in [3.8, 4) is 0 Å². The van der Waals surface area contributed by atoms with Gasteiger partial charge >= 0.3 is 11.9 Å². The van der Waals surface area contributed by atoms with Gasteiger partial charge in [-0.15, -0.1) is 11.8 Å². The average Bonchev–Trinajstić information content (AvgIpc) is 2.82. The Balaban J connectivity index is 3.23. The third kappa shape index (κ3) is 16.2. The fourth-order valence-electron chi connectivity index (χ4n) is 3.49. The first-order valence-corrected chi connectivity index (χ1v) is 14.2. The van der Waals surface area contributed by atoms with Gasteiger partial charge in [0, 0.05) is 37.0 Å². The summed E-state index contributed by atoms with van der Waals surface area (Å²) < 4.78 is 11.2. The number of hydrogen-bond donors (Lipinski definition) is 1. The van der Waals surface area contributed by atoms with Crippen LogP contribution in [0.3, 0.4) is 0 Å². The second kappa shape index (κ2) is 18.6. The first-order chi connectivity index (χ1) is 18.0.